The first kappa shape index (κ1) is 10.4. The quantitative estimate of drug-likeness (QED) is 0.846. The first-order valence-corrected chi connectivity index (χ1v) is 6.71. The third-order valence-corrected chi connectivity index (χ3v) is 4.98. The number of aromatic nitrogens is 2. The Labute approximate surface area is 106 Å². The number of methoxy groups -OCH3 is 1. The van der Waals surface area contributed by atoms with Gasteiger partial charge in [-0.25, -0.2) is 0 Å². The van der Waals surface area contributed by atoms with Crippen LogP contribution in [0.3, 0.4) is 0 Å². The Morgan fingerprint density at radius 3 is 2.67 bits per heavy atom. The van der Waals surface area contributed by atoms with Gasteiger partial charge in [-0.1, -0.05) is 0 Å². The molecule has 3 aliphatic carbocycles. The maximum Gasteiger partial charge on any atom is 0.225 e. The summed E-state index contributed by atoms with van der Waals surface area (Å²) in [6, 6.07) is 2.43. The van der Waals surface area contributed by atoms with Crippen molar-refractivity contribution in [2.24, 2.45) is 23.7 Å². The molecule has 1 heterocycles. The zero-order valence-electron chi connectivity index (χ0n) is 10.5. The van der Waals surface area contributed by atoms with E-state index in [0.29, 0.717) is 11.9 Å². The molecule has 4 rings (SSSR count). The number of nitrogens with one attached hydrogen (secondary N) is 1. The fourth-order valence-corrected chi connectivity index (χ4v) is 4.31. The summed E-state index contributed by atoms with van der Waals surface area (Å²) in [4.78, 5) is 8.23. The number of hydrogen-bond acceptors (Lipinski definition) is 5. The van der Waals surface area contributed by atoms with Crippen molar-refractivity contribution >= 4 is 11.8 Å². The largest absolute Gasteiger partial charge is 0.481 e. The SMILES string of the molecule is COc1cc(NC2C3C4CCC(C4)C23)nc(N)n1. The van der Waals surface area contributed by atoms with Gasteiger partial charge in [-0.05, 0) is 42.9 Å². The van der Waals surface area contributed by atoms with Gasteiger partial charge in [-0.15, -0.1) is 0 Å². The molecular weight excluding hydrogens is 228 g/mol. The number of hydrogen-bond donors (Lipinski definition) is 2. The number of nitrogens with two attached hydrogens (primary N) is 1. The zero-order chi connectivity index (χ0) is 12.3. The van der Waals surface area contributed by atoms with E-state index < -0.39 is 0 Å². The van der Waals surface area contributed by atoms with Crippen LogP contribution in [0.2, 0.25) is 0 Å². The lowest BCUT2D eigenvalue weighted by Crippen LogP contribution is -2.14. The molecule has 5 nitrogen and oxygen atoms in total. The van der Waals surface area contributed by atoms with Gasteiger partial charge >= 0.3 is 0 Å². The Balaban J connectivity index is 1.51. The minimum atomic E-state index is 0.269. The molecule has 1 aromatic heterocycles. The first-order valence-electron chi connectivity index (χ1n) is 6.71. The second-order valence-electron chi connectivity index (χ2n) is 5.81. The summed E-state index contributed by atoms with van der Waals surface area (Å²) in [7, 11) is 1.59. The van der Waals surface area contributed by atoms with Crippen LogP contribution in [0.4, 0.5) is 11.8 Å². The van der Waals surface area contributed by atoms with Crippen molar-refractivity contribution in [3.05, 3.63) is 6.07 Å². The lowest BCUT2D eigenvalue weighted by molar-refractivity contribution is 0.398. The highest BCUT2D eigenvalue weighted by Crippen LogP contribution is 2.66. The van der Waals surface area contributed by atoms with Gasteiger partial charge in [-0.3, -0.25) is 0 Å². The molecule has 96 valence electrons. The number of rotatable bonds is 3. The number of fused-ring (bicyclic) bond motifs is 5. The molecular formula is C13H18N4O. The van der Waals surface area contributed by atoms with E-state index in [1.54, 1.807) is 7.11 Å². The fourth-order valence-electron chi connectivity index (χ4n) is 4.31. The van der Waals surface area contributed by atoms with Crippen LogP contribution in [0.5, 0.6) is 5.88 Å². The fraction of sp³-hybridized carbons (Fsp3) is 0.692. The lowest BCUT2D eigenvalue weighted by Gasteiger charge is -2.11. The van der Waals surface area contributed by atoms with E-state index in [2.05, 4.69) is 15.3 Å². The Kier molecular flexibility index (Phi) is 2.02. The molecule has 0 aromatic carbocycles. The number of nitrogens with zero attached hydrogens (tertiary/aromatic N) is 2. The average Bonchev–Trinajstić information content (AvgIpc) is 2.76. The minimum absolute atomic E-state index is 0.269. The van der Waals surface area contributed by atoms with E-state index in [1.165, 1.54) is 19.3 Å². The number of anilines is 2. The normalized spacial score (nSPS) is 39.5. The molecule has 0 spiro atoms. The number of nitrogen functional groups attached to an aromatic ring is 1. The Hall–Kier alpha value is -1.52. The van der Waals surface area contributed by atoms with Gasteiger partial charge in [0.15, 0.2) is 0 Å². The first-order chi connectivity index (χ1) is 8.76. The van der Waals surface area contributed by atoms with Crippen molar-refractivity contribution in [2.45, 2.75) is 25.3 Å². The summed E-state index contributed by atoms with van der Waals surface area (Å²) in [5.74, 6) is 5.27. The van der Waals surface area contributed by atoms with Crippen LogP contribution >= 0.6 is 0 Å². The van der Waals surface area contributed by atoms with E-state index in [-0.39, 0.29) is 5.95 Å². The van der Waals surface area contributed by atoms with Crippen LogP contribution in [-0.4, -0.2) is 23.1 Å². The Bertz CT molecular complexity index is 476. The molecule has 3 aliphatic rings. The molecule has 0 aliphatic heterocycles. The molecule has 4 unspecified atom stereocenters. The molecule has 0 radical (unpaired) electrons. The van der Waals surface area contributed by atoms with Crippen molar-refractivity contribution in [1.82, 2.24) is 9.97 Å². The lowest BCUT2D eigenvalue weighted by atomic mass is 10.0. The van der Waals surface area contributed by atoms with E-state index in [1.807, 2.05) is 6.07 Å². The van der Waals surface area contributed by atoms with Gasteiger partial charge in [0.05, 0.1) is 7.11 Å². The van der Waals surface area contributed by atoms with E-state index in [4.69, 9.17) is 10.5 Å². The molecule has 2 bridgehead atoms. The van der Waals surface area contributed by atoms with Crippen LogP contribution < -0.4 is 15.8 Å². The van der Waals surface area contributed by atoms with Crippen molar-refractivity contribution in [2.75, 3.05) is 18.2 Å². The summed E-state index contributed by atoms with van der Waals surface area (Å²) in [6.45, 7) is 0. The maximum atomic E-state index is 5.67. The van der Waals surface area contributed by atoms with E-state index in [9.17, 15) is 0 Å². The van der Waals surface area contributed by atoms with Crippen molar-refractivity contribution < 1.29 is 4.74 Å². The highest BCUT2D eigenvalue weighted by atomic mass is 16.5. The molecule has 3 N–H and O–H groups in total. The van der Waals surface area contributed by atoms with Crippen LogP contribution in [-0.2, 0) is 0 Å². The summed E-state index contributed by atoms with van der Waals surface area (Å²) in [5, 5.41) is 3.52. The molecule has 4 atom stereocenters. The van der Waals surface area contributed by atoms with Crippen LogP contribution in [0.1, 0.15) is 19.3 Å². The molecule has 1 aromatic rings. The third-order valence-electron chi connectivity index (χ3n) is 4.98. The Morgan fingerprint density at radius 1 is 1.28 bits per heavy atom. The van der Waals surface area contributed by atoms with Crippen molar-refractivity contribution in [1.29, 1.82) is 0 Å². The summed E-state index contributed by atoms with van der Waals surface area (Å²) in [6.07, 6.45) is 4.32. The van der Waals surface area contributed by atoms with Gasteiger partial charge in [0.2, 0.25) is 11.8 Å². The topological polar surface area (TPSA) is 73.1 Å². The van der Waals surface area contributed by atoms with Crippen molar-refractivity contribution in [3.8, 4) is 5.88 Å². The summed E-state index contributed by atoms with van der Waals surface area (Å²) in [5.41, 5.74) is 5.67. The average molecular weight is 246 g/mol. The summed E-state index contributed by atoms with van der Waals surface area (Å²) >= 11 is 0. The van der Waals surface area contributed by atoms with E-state index >= 15 is 0 Å². The van der Waals surface area contributed by atoms with E-state index in [0.717, 1.165) is 29.5 Å². The monoisotopic (exact) mass is 246 g/mol. The van der Waals surface area contributed by atoms with Gasteiger partial charge < -0.3 is 15.8 Å². The summed E-state index contributed by atoms with van der Waals surface area (Å²) < 4.78 is 5.12. The highest BCUT2D eigenvalue weighted by molar-refractivity contribution is 5.46. The smallest absolute Gasteiger partial charge is 0.225 e. The van der Waals surface area contributed by atoms with Gasteiger partial charge in [0.25, 0.3) is 0 Å². The highest BCUT2D eigenvalue weighted by Gasteiger charge is 2.65. The molecule has 0 saturated heterocycles. The molecule has 18 heavy (non-hydrogen) atoms. The van der Waals surface area contributed by atoms with Gasteiger partial charge in [0.1, 0.15) is 5.82 Å². The second kappa shape index (κ2) is 3.49. The van der Waals surface area contributed by atoms with Crippen LogP contribution in [0.25, 0.3) is 0 Å². The second-order valence-corrected chi connectivity index (χ2v) is 5.81. The zero-order valence-corrected chi connectivity index (χ0v) is 10.5. The molecule has 3 fully saturated rings. The Morgan fingerprint density at radius 2 is 2.00 bits per heavy atom. The van der Waals surface area contributed by atoms with Crippen LogP contribution in [0.15, 0.2) is 6.07 Å². The third kappa shape index (κ3) is 1.39. The molecule has 5 heteroatoms. The van der Waals surface area contributed by atoms with Gasteiger partial charge in [-0.2, -0.15) is 9.97 Å². The predicted molar refractivity (Wildman–Crippen MR) is 68.2 cm³/mol. The van der Waals surface area contributed by atoms with Gasteiger partial charge in [0, 0.05) is 12.1 Å². The predicted octanol–water partition coefficient (Wildman–Crippen LogP) is 1.52. The van der Waals surface area contributed by atoms with Crippen molar-refractivity contribution in [3.63, 3.8) is 0 Å². The molecule has 3 saturated carbocycles. The van der Waals surface area contributed by atoms with Crippen LogP contribution in [0, 0.1) is 23.7 Å². The number of ether oxygens (including phenoxy) is 1. The maximum absolute atomic E-state index is 5.67. The molecule has 0 amide bonds. The minimum Gasteiger partial charge on any atom is -0.481 e. The standard InChI is InChI=1S/C13H18N4O/c1-18-9-5-8(16-13(14)17-9)15-12-10-6-2-3-7(4-6)11(10)12/h5-7,10-12H,2-4H2,1H3,(H3,14,15,16,17).